The van der Waals surface area contributed by atoms with Gasteiger partial charge in [0.25, 0.3) is 0 Å². The van der Waals surface area contributed by atoms with Gasteiger partial charge in [-0.3, -0.25) is 0 Å². The highest BCUT2D eigenvalue weighted by molar-refractivity contribution is 9.10. The number of aromatic nitrogens is 1. The fourth-order valence-corrected chi connectivity index (χ4v) is 2.17. The van der Waals surface area contributed by atoms with Gasteiger partial charge in [-0.1, -0.05) is 12.1 Å². The second-order valence-corrected chi connectivity index (χ2v) is 5.00. The molecule has 1 N–H and O–H groups in total. The molecule has 1 heterocycles. The third-order valence-corrected chi connectivity index (χ3v) is 3.21. The van der Waals surface area contributed by atoms with Crippen LogP contribution in [0.5, 0.6) is 0 Å². The van der Waals surface area contributed by atoms with E-state index in [1.807, 2.05) is 32.0 Å². The van der Waals surface area contributed by atoms with Crippen LogP contribution >= 0.6 is 15.9 Å². The molecule has 2 nitrogen and oxygen atoms in total. The number of hydrogen-bond acceptors (Lipinski definition) is 2. The van der Waals surface area contributed by atoms with E-state index in [4.69, 9.17) is 0 Å². The van der Waals surface area contributed by atoms with Gasteiger partial charge in [0, 0.05) is 6.04 Å². The van der Waals surface area contributed by atoms with Gasteiger partial charge >= 0.3 is 0 Å². The highest BCUT2D eigenvalue weighted by atomic mass is 79.9. The molecule has 0 amide bonds. The van der Waals surface area contributed by atoms with Gasteiger partial charge in [-0.2, -0.15) is 0 Å². The predicted octanol–water partition coefficient (Wildman–Crippen LogP) is 4.46. The number of benzene rings is 1. The molecule has 0 fully saturated rings. The number of anilines is 1. The molecule has 1 unspecified atom stereocenters. The van der Waals surface area contributed by atoms with E-state index in [1.165, 1.54) is 6.07 Å². The molecule has 2 aromatic rings. The van der Waals surface area contributed by atoms with Crippen LogP contribution in [0.25, 0.3) is 0 Å². The van der Waals surface area contributed by atoms with Gasteiger partial charge in [0.15, 0.2) is 0 Å². The summed E-state index contributed by atoms with van der Waals surface area (Å²) in [7, 11) is 0. The lowest BCUT2D eigenvalue weighted by molar-refractivity contribution is 0.623. The highest BCUT2D eigenvalue weighted by Crippen LogP contribution is 2.22. The first kappa shape index (κ1) is 13.0. The van der Waals surface area contributed by atoms with Crippen molar-refractivity contribution in [2.45, 2.75) is 19.9 Å². The molecule has 4 heteroatoms. The molecule has 0 saturated carbocycles. The van der Waals surface area contributed by atoms with Gasteiger partial charge < -0.3 is 5.32 Å². The van der Waals surface area contributed by atoms with Crippen molar-refractivity contribution in [1.29, 1.82) is 0 Å². The summed E-state index contributed by atoms with van der Waals surface area (Å²) in [5, 5.41) is 3.33. The molecule has 0 aliphatic carbocycles. The molecule has 1 aromatic carbocycles. The second-order valence-electron chi connectivity index (χ2n) is 4.19. The van der Waals surface area contributed by atoms with Crippen LogP contribution < -0.4 is 5.32 Å². The van der Waals surface area contributed by atoms with Crippen molar-refractivity contribution in [2.75, 3.05) is 5.32 Å². The van der Waals surface area contributed by atoms with Crippen LogP contribution in [0.4, 0.5) is 10.1 Å². The maximum absolute atomic E-state index is 13.2. The average molecular weight is 309 g/mol. The molecule has 0 radical (unpaired) electrons. The Hall–Kier alpha value is -1.42. The van der Waals surface area contributed by atoms with Crippen molar-refractivity contribution in [3.05, 3.63) is 58.1 Å². The van der Waals surface area contributed by atoms with Gasteiger partial charge in [0.2, 0.25) is 0 Å². The van der Waals surface area contributed by atoms with Crippen molar-refractivity contribution >= 4 is 21.6 Å². The summed E-state index contributed by atoms with van der Waals surface area (Å²) in [4.78, 5) is 4.32. The third-order valence-electron chi connectivity index (χ3n) is 2.77. The van der Waals surface area contributed by atoms with Crippen LogP contribution in [0, 0.1) is 12.7 Å². The monoisotopic (exact) mass is 308 g/mol. The predicted molar refractivity (Wildman–Crippen MR) is 75.1 cm³/mol. The molecule has 0 aliphatic rings. The Kier molecular flexibility index (Phi) is 3.97. The minimum Gasteiger partial charge on any atom is -0.377 e. The number of nitrogens with zero attached hydrogens (tertiary/aromatic N) is 1. The van der Waals surface area contributed by atoms with Crippen LogP contribution in [0.15, 0.2) is 41.0 Å². The smallest absolute Gasteiger partial charge is 0.123 e. The van der Waals surface area contributed by atoms with E-state index in [2.05, 4.69) is 26.2 Å². The molecular weight excluding hydrogens is 295 g/mol. The zero-order valence-corrected chi connectivity index (χ0v) is 11.8. The van der Waals surface area contributed by atoms with E-state index in [-0.39, 0.29) is 11.9 Å². The SMILES string of the molecule is Cc1nc(Br)ccc1NC(C)c1cccc(F)c1. The molecule has 2 rings (SSSR count). The van der Waals surface area contributed by atoms with Crippen LogP contribution in [0.2, 0.25) is 0 Å². The molecule has 0 bridgehead atoms. The normalized spacial score (nSPS) is 12.2. The molecule has 0 saturated heterocycles. The Bertz CT molecular complexity index is 557. The van der Waals surface area contributed by atoms with E-state index in [1.54, 1.807) is 12.1 Å². The first-order valence-electron chi connectivity index (χ1n) is 5.71. The summed E-state index contributed by atoms with van der Waals surface area (Å²) in [6.07, 6.45) is 0. The Morgan fingerprint density at radius 2 is 2.06 bits per heavy atom. The minimum atomic E-state index is -0.216. The van der Waals surface area contributed by atoms with E-state index < -0.39 is 0 Å². The van der Waals surface area contributed by atoms with Crippen LogP contribution in [0.3, 0.4) is 0 Å². The molecule has 18 heavy (non-hydrogen) atoms. The quantitative estimate of drug-likeness (QED) is 0.847. The van der Waals surface area contributed by atoms with Crippen molar-refractivity contribution in [2.24, 2.45) is 0 Å². The van der Waals surface area contributed by atoms with Crippen LogP contribution in [-0.4, -0.2) is 4.98 Å². The minimum absolute atomic E-state index is 0.0300. The lowest BCUT2D eigenvalue weighted by atomic mass is 10.1. The van der Waals surface area contributed by atoms with E-state index in [0.717, 1.165) is 21.5 Å². The first-order valence-corrected chi connectivity index (χ1v) is 6.50. The second kappa shape index (κ2) is 5.48. The molecule has 1 atom stereocenters. The largest absolute Gasteiger partial charge is 0.377 e. The fourth-order valence-electron chi connectivity index (χ4n) is 1.78. The Labute approximate surface area is 114 Å². The number of nitrogens with one attached hydrogen (secondary N) is 1. The third kappa shape index (κ3) is 3.07. The molecule has 0 spiro atoms. The summed E-state index contributed by atoms with van der Waals surface area (Å²) < 4.78 is 14.0. The number of pyridine rings is 1. The van der Waals surface area contributed by atoms with Crippen molar-refractivity contribution < 1.29 is 4.39 Å². The standard InChI is InChI=1S/C14H14BrFN2/c1-9(11-4-3-5-12(16)8-11)17-13-6-7-14(15)18-10(13)2/h3-9,17H,1-2H3. The lowest BCUT2D eigenvalue weighted by Crippen LogP contribution is -2.08. The number of rotatable bonds is 3. The fraction of sp³-hybridized carbons (Fsp3) is 0.214. The molecule has 0 aliphatic heterocycles. The van der Waals surface area contributed by atoms with Crippen molar-refractivity contribution in [3.8, 4) is 0 Å². The van der Waals surface area contributed by atoms with E-state index in [0.29, 0.717) is 0 Å². The zero-order valence-electron chi connectivity index (χ0n) is 10.2. The van der Waals surface area contributed by atoms with Gasteiger partial charge in [-0.15, -0.1) is 0 Å². The van der Waals surface area contributed by atoms with Gasteiger partial charge in [0.1, 0.15) is 10.4 Å². The highest BCUT2D eigenvalue weighted by Gasteiger charge is 2.08. The van der Waals surface area contributed by atoms with Gasteiger partial charge in [-0.25, -0.2) is 9.37 Å². The zero-order chi connectivity index (χ0) is 13.1. The molecule has 94 valence electrons. The Balaban J connectivity index is 2.18. The molecule has 1 aromatic heterocycles. The molecular formula is C14H14BrFN2. The van der Waals surface area contributed by atoms with Gasteiger partial charge in [0.05, 0.1) is 11.4 Å². The van der Waals surface area contributed by atoms with Gasteiger partial charge in [-0.05, 0) is 59.6 Å². The number of halogens is 2. The summed E-state index contributed by atoms with van der Waals surface area (Å²) in [5.41, 5.74) is 2.78. The van der Waals surface area contributed by atoms with Crippen LogP contribution in [0.1, 0.15) is 24.2 Å². The topological polar surface area (TPSA) is 24.9 Å². The summed E-state index contributed by atoms with van der Waals surface area (Å²) in [6.45, 7) is 3.93. The van der Waals surface area contributed by atoms with E-state index >= 15 is 0 Å². The number of hydrogen-bond donors (Lipinski definition) is 1. The number of aryl methyl sites for hydroxylation is 1. The summed E-state index contributed by atoms with van der Waals surface area (Å²) in [5.74, 6) is -0.216. The lowest BCUT2D eigenvalue weighted by Gasteiger charge is -2.17. The van der Waals surface area contributed by atoms with E-state index in [9.17, 15) is 4.39 Å². The Morgan fingerprint density at radius 3 is 2.72 bits per heavy atom. The maximum atomic E-state index is 13.2. The Morgan fingerprint density at radius 1 is 1.28 bits per heavy atom. The first-order chi connectivity index (χ1) is 8.56. The summed E-state index contributed by atoms with van der Waals surface area (Å²) >= 11 is 3.33. The van der Waals surface area contributed by atoms with Crippen LogP contribution in [-0.2, 0) is 0 Å². The summed E-state index contributed by atoms with van der Waals surface area (Å²) in [6, 6.07) is 10.5. The van der Waals surface area contributed by atoms with Crippen molar-refractivity contribution in [1.82, 2.24) is 4.98 Å². The average Bonchev–Trinajstić information content (AvgIpc) is 2.32. The van der Waals surface area contributed by atoms with Crippen molar-refractivity contribution in [3.63, 3.8) is 0 Å². The maximum Gasteiger partial charge on any atom is 0.123 e.